The highest BCUT2D eigenvalue weighted by molar-refractivity contribution is 6.34. The summed E-state index contributed by atoms with van der Waals surface area (Å²) in [6, 6.07) is 9.69. The van der Waals surface area contributed by atoms with Crippen molar-refractivity contribution in [3.05, 3.63) is 63.9 Å². The fourth-order valence-electron chi connectivity index (χ4n) is 2.67. The lowest BCUT2D eigenvalue weighted by Gasteiger charge is -2.21. The van der Waals surface area contributed by atoms with E-state index in [-0.39, 0.29) is 30.6 Å². The Kier molecular flexibility index (Phi) is 6.75. The standard InChI is InChI=1S/C20H22ClFN2O2/c1-13-10-14(2)20(18(21)11-13)23-19(26)8-9-24(15(3)25)12-16-4-6-17(22)7-5-16/h4-7,10-11H,8-9,12H2,1-3H3,(H,23,26). The first kappa shape index (κ1) is 19.9. The number of halogens is 2. The van der Waals surface area contributed by atoms with Crippen LogP contribution in [0, 0.1) is 19.7 Å². The van der Waals surface area contributed by atoms with Crippen LogP contribution in [0.1, 0.15) is 30.0 Å². The zero-order valence-electron chi connectivity index (χ0n) is 15.1. The van der Waals surface area contributed by atoms with E-state index in [1.165, 1.54) is 19.1 Å². The Bertz CT molecular complexity index is 783. The van der Waals surface area contributed by atoms with Crippen molar-refractivity contribution in [2.45, 2.75) is 33.7 Å². The molecular weight excluding hydrogens is 355 g/mol. The molecule has 2 aromatic carbocycles. The molecule has 2 rings (SSSR count). The van der Waals surface area contributed by atoms with Gasteiger partial charge in [-0.3, -0.25) is 9.59 Å². The monoisotopic (exact) mass is 376 g/mol. The smallest absolute Gasteiger partial charge is 0.226 e. The highest BCUT2D eigenvalue weighted by Crippen LogP contribution is 2.27. The van der Waals surface area contributed by atoms with Crippen molar-refractivity contribution in [1.82, 2.24) is 4.90 Å². The third kappa shape index (κ3) is 5.56. The Morgan fingerprint density at radius 2 is 1.81 bits per heavy atom. The first-order valence-corrected chi connectivity index (χ1v) is 8.70. The van der Waals surface area contributed by atoms with Gasteiger partial charge < -0.3 is 10.2 Å². The average Bonchev–Trinajstić information content (AvgIpc) is 2.56. The minimum atomic E-state index is -0.326. The number of anilines is 1. The van der Waals surface area contributed by atoms with E-state index >= 15 is 0 Å². The molecule has 0 bridgehead atoms. The Labute approximate surface area is 158 Å². The van der Waals surface area contributed by atoms with Gasteiger partial charge in [-0.1, -0.05) is 29.8 Å². The molecule has 0 aromatic heterocycles. The van der Waals surface area contributed by atoms with Crippen LogP contribution in [0.4, 0.5) is 10.1 Å². The van der Waals surface area contributed by atoms with Gasteiger partial charge in [0.25, 0.3) is 0 Å². The summed E-state index contributed by atoms with van der Waals surface area (Å²) >= 11 is 6.20. The molecule has 0 unspecified atom stereocenters. The lowest BCUT2D eigenvalue weighted by molar-refractivity contribution is -0.129. The molecule has 0 spiro atoms. The molecule has 4 nitrogen and oxygen atoms in total. The molecular formula is C20H22ClFN2O2. The molecule has 0 aliphatic rings. The van der Waals surface area contributed by atoms with E-state index < -0.39 is 0 Å². The van der Waals surface area contributed by atoms with E-state index in [2.05, 4.69) is 5.32 Å². The summed E-state index contributed by atoms with van der Waals surface area (Å²) in [5.41, 5.74) is 3.31. The lowest BCUT2D eigenvalue weighted by Crippen LogP contribution is -2.31. The van der Waals surface area contributed by atoms with Crippen LogP contribution in [0.3, 0.4) is 0 Å². The van der Waals surface area contributed by atoms with Gasteiger partial charge in [-0.2, -0.15) is 0 Å². The molecule has 1 N–H and O–H groups in total. The van der Waals surface area contributed by atoms with E-state index in [9.17, 15) is 14.0 Å². The van der Waals surface area contributed by atoms with Gasteiger partial charge in [0, 0.05) is 26.4 Å². The fraction of sp³-hybridized carbons (Fsp3) is 0.300. The number of carbonyl (C=O) groups is 2. The second-order valence-corrected chi connectivity index (χ2v) is 6.71. The predicted octanol–water partition coefficient (Wildman–Crippen LogP) is 4.47. The quantitative estimate of drug-likeness (QED) is 0.808. The van der Waals surface area contributed by atoms with Gasteiger partial charge in [-0.05, 0) is 48.7 Å². The van der Waals surface area contributed by atoms with E-state index in [0.29, 0.717) is 17.3 Å². The van der Waals surface area contributed by atoms with Crippen molar-refractivity contribution < 1.29 is 14.0 Å². The molecule has 2 aromatic rings. The van der Waals surface area contributed by atoms with Crippen molar-refractivity contribution in [2.75, 3.05) is 11.9 Å². The Morgan fingerprint density at radius 3 is 2.38 bits per heavy atom. The number of carbonyl (C=O) groups excluding carboxylic acids is 2. The van der Waals surface area contributed by atoms with Crippen LogP contribution in [0.5, 0.6) is 0 Å². The molecule has 26 heavy (non-hydrogen) atoms. The number of hydrogen-bond acceptors (Lipinski definition) is 2. The van der Waals surface area contributed by atoms with Crippen molar-refractivity contribution in [3.8, 4) is 0 Å². The number of nitrogens with zero attached hydrogens (tertiary/aromatic N) is 1. The van der Waals surface area contributed by atoms with Crippen molar-refractivity contribution in [2.24, 2.45) is 0 Å². The predicted molar refractivity (Wildman–Crippen MR) is 102 cm³/mol. The zero-order valence-corrected chi connectivity index (χ0v) is 15.9. The second kappa shape index (κ2) is 8.81. The molecule has 2 amide bonds. The van der Waals surface area contributed by atoms with Crippen LogP contribution in [0.15, 0.2) is 36.4 Å². The summed E-state index contributed by atoms with van der Waals surface area (Å²) in [7, 11) is 0. The fourth-order valence-corrected chi connectivity index (χ4v) is 3.04. The number of nitrogens with one attached hydrogen (secondary N) is 1. The first-order valence-electron chi connectivity index (χ1n) is 8.33. The van der Waals surface area contributed by atoms with E-state index in [0.717, 1.165) is 16.7 Å². The molecule has 0 atom stereocenters. The van der Waals surface area contributed by atoms with Crippen LogP contribution >= 0.6 is 11.6 Å². The van der Waals surface area contributed by atoms with E-state index in [1.54, 1.807) is 23.1 Å². The topological polar surface area (TPSA) is 49.4 Å². The molecule has 0 saturated carbocycles. The summed E-state index contributed by atoms with van der Waals surface area (Å²) < 4.78 is 13.0. The van der Waals surface area contributed by atoms with Gasteiger partial charge in [0.2, 0.25) is 11.8 Å². The summed E-state index contributed by atoms with van der Waals surface area (Å²) in [4.78, 5) is 25.7. The number of aryl methyl sites for hydroxylation is 2. The Balaban J connectivity index is 1.97. The van der Waals surface area contributed by atoms with Gasteiger partial charge in [-0.25, -0.2) is 4.39 Å². The van der Waals surface area contributed by atoms with Crippen LogP contribution in [0.25, 0.3) is 0 Å². The van der Waals surface area contributed by atoms with Gasteiger partial charge in [0.05, 0.1) is 10.7 Å². The van der Waals surface area contributed by atoms with Crippen molar-refractivity contribution in [3.63, 3.8) is 0 Å². The number of hydrogen-bond donors (Lipinski definition) is 1. The van der Waals surface area contributed by atoms with Gasteiger partial charge >= 0.3 is 0 Å². The summed E-state index contributed by atoms with van der Waals surface area (Å²) in [6.07, 6.45) is 0.143. The molecule has 0 fully saturated rings. The molecule has 0 heterocycles. The third-order valence-electron chi connectivity index (χ3n) is 4.04. The van der Waals surface area contributed by atoms with Crippen LogP contribution < -0.4 is 5.32 Å². The SMILES string of the molecule is CC(=O)N(CCC(=O)Nc1c(C)cc(C)cc1Cl)Cc1ccc(F)cc1. The van der Waals surface area contributed by atoms with Crippen molar-refractivity contribution in [1.29, 1.82) is 0 Å². The number of amides is 2. The van der Waals surface area contributed by atoms with E-state index in [1.807, 2.05) is 19.9 Å². The van der Waals surface area contributed by atoms with E-state index in [4.69, 9.17) is 11.6 Å². The van der Waals surface area contributed by atoms with Crippen molar-refractivity contribution >= 4 is 29.1 Å². The zero-order chi connectivity index (χ0) is 19.3. The summed E-state index contributed by atoms with van der Waals surface area (Å²) in [5, 5.41) is 3.30. The average molecular weight is 377 g/mol. The maximum absolute atomic E-state index is 13.0. The highest BCUT2D eigenvalue weighted by atomic mass is 35.5. The molecule has 0 aliphatic heterocycles. The number of rotatable bonds is 6. The molecule has 0 saturated heterocycles. The Hall–Kier alpha value is -2.40. The maximum Gasteiger partial charge on any atom is 0.226 e. The lowest BCUT2D eigenvalue weighted by atomic mass is 10.1. The Morgan fingerprint density at radius 1 is 1.15 bits per heavy atom. The highest BCUT2D eigenvalue weighted by Gasteiger charge is 2.14. The largest absolute Gasteiger partial charge is 0.338 e. The molecule has 0 aliphatic carbocycles. The van der Waals surface area contributed by atoms with Crippen LogP contribution in [0.2, 0.25) is 5.02 Å². The molecule has 0 radical (unpaired) electrons. The maximum atomic E-state index is 13.0. The molecule has 138 valence electrons. The number of benzene rings is 2. The third-order valence-corrected chi connectivity index (χ3v) is 4.34. The minimum absolute atomic E-state index is 0.143. The normalized spacial score (nSPS) is 10.5. The molecule has 6 heteroatoms. The van der Waals surface area contributed by atoms with Gasteiger partial charge in [0.15, 0.2) is 0 Å². The van der Waals surface area contributed by atoms with Gasteiger partial charge in [0.1, 0.15) is 5.82 Å². The summed E-state index contributed by atoms with van der Waals surface area (Å²) in [5.74, 6) is -0.691. The second-order valence-electron chi connectivity index (χ2n) is 6.30. The summed E-state index contributed by atoms with van der Waals surface area (Å²) in [6.45, 7) is 5.85. The first-order chi connectivity index (χ1) is 12.3. The minimum Gasteiger partial charge on any atom is -0.338 e. The van der Waals surface area contributed by atoms with Crippen LogP contribution in [-0.4, -0.2) is 23.3 Å². The van der Waals surface area contributed by atoms with Crippen LogP contribution in [-0.2, 0) is 16.1 Å². The van der Waals surface area contributed by atoms with Gasteiger partial charge in [-0.15, -0.1) is 0 Å².